The minimum Gasteiger partial charge on any atom is -0.466 e. The Morgan fingerprint density at radius 2 is 1.88 bits per heavy atom. The zero-order chi connectivity index (χ0) is 29.6. The average molecular weight is 650 g/mol. The number of esters is 1. The number of hydrogen-bond acceptors (Lipinski definition) is 10. The van der Waals surface area contributed by atoms with E-state index in [0.717, 1.165) is 41.8 Å². The summed E-state index contributed by atoms with van der Waals surface area (Å²) in [4.78, 5) is 42.6. The lowest BCUT2D eigenvalue weighted by molar-refractivity contribution is -0.148. The number of hydrogen-bond donors (Lipinski definition) is 1. The normalized spacial score (nSPS) is 18.7. The SMILES string of the molecule is CCOC(=O)C1CCN(c2ncc(C(=O)Nc3nc(-c4cc(Cl)cs4)c(N4CC5(C4)CN(C(C)C)C5)s3)cc2Cl)CC1. The van der Waals surface area contributed by atoms with Gasteiger partial charge in [-0.25, -0.2) is 9.97 Å². The predicted octanol–water partition coefficient (Wildman–Crippen LogP) is 6.14. The summed E-state index contributed by atoms with van der Waals surface area (Å²) in [5.74, 6) is 0.0456. The molecule has 3 saturated heterocycles. The Bertz CT molecular complexity index is 1470. The molecule has 3 aromatic rings. The maximum atomic E-state index is 13.3. The van der Waals surface area contributed by atoms with E-state index in [-0.39, 0.29) is 17.8 Å². The van der Waals surface area contributed by atoms with Gasteiger partial charge in [-0.2, -0.15) is 0 Å². The van der Waals surface area contributed by atoms with E-state index < -0.39 is 0 Å². The Morgan fingerprint density at radius 3 is 2.50 bits per heavy atom. The van der Waals surface area contributed by atoms with E-state index in [0.29, 0.717) is 70.6 Å². The van der Waals surface area contributed by atoms with Crippen LogP contribution in [0.2, 0.25) is 10.0 Å². The fourth-order valence-corrected chi connectivity index (χ4v) is 8.40. The first-order valence-electron chi connectivity index (χ1n) is 14.3. The molecule has 13 heteroatoms. The zero-order valence-corrected chi connectivity index (χ0v) is 27.0. The van der Waals surface area contributed by atoms with E-state index in [4.69, 9.17) is 32.9 Å². The van der Waals surface area contributed by atoms with Crippen molar-refractivity contribution < 1.29 is 14.3 Å². The zero-order valence-electron chi connectivity index (χ0n) is 23.9. The molecule has 0 bridgehead atoms. The van der Waals surface area contributed by atoms with E-state index in [1.54, 1.807) is 23.6 Å². The van der Waals surface area contributed by atoms with E-state index in [1.165, 1.54) is 11.3 Å². The van der Waals surface area contributed by atoms with Crippen LogP contribution < -0.4 is 15.1 Å². The highest BCUT2D eigenvalue weighted by molar-refractivity contribution is 7.21. The first-order chi connectivity index (χ1) is 20.1. The molecule has 224 valence electrons. The smallest absolute Gasteiger partial charge is 0.309 e. The quantitative estimate of drug-likeness (QED) is 0.292. The second-order valence-electron chi connectivity index (χ2n) is 11.7. The molecule has 3 aromatic heterocycles. The lowest BCUT2D eigenvalue weighted by Crippen LogP contribution is -2.73. The highest BCUT2D eigenvalue weighted by Crippen LogP contribution is 2.49. The standard InChI is InChI=1S/C29H34Cl2N6O3S2/c1-4-40-27(39)18-5-7-35(8-6-18)24-21(31)9-19(11-32-24)25(38)34-28-33-23(22-10-20(30)12-41-22)26(42-28)37-15-29(16-37)13-36(14-29)17(2)3/h9-12,17-18H,4-8,13-16H2,1-3H3,(H,33,34,38). The molecule has 1 N–H and O–H groups in total. The number of likely N-dealkylation sites (tertiary alicyclic amines) is 1. The van der Waals surface area contributed by atoms with Gasteiger partial charge in [-0.1, -0.05) is 34.5 Å². The molecule has 1 spiro atoms. The Balaban J connectivity index is 1.13. The van der Waals surface area contributed by atoms with Crippen molar-refractivity contribution in [3.63, 3.8) is 0 Å². The second kappa shape index (κ2) is 11.9. The summed E-state index contributed by atoms with van der Waals surface area (Å²) in [5.41, 5.74) is 1.55. The summed E-state index contributed by atoms with van der Waals surface area (Å²) >= 11 is 15.9. The van der Waals surface area contributed by atoms with Crippen LogP contribution in [0.25, 0.3) is 10.6 Å². The molecule has 0 atom stereocenters. The van der Waals surface area contributed by atoms with Crippen LogP contribution in [0.5, 0.6) is 0 Å². The van der Waals surface area contributed by atoms with E-state index in [1.807, 2.05) is 23.3 Å². The van der Waals surface area contributed by atoms with Crippen molar-refractivity contribution >= 4 is 73.7 Å². The van der Waals surface area contributed by atoms with Crippen LogP contribution in [0.15, 0.2) is 23.7 Å². The van der Waals surface area contributed by atoms with Crippen molar-refractivity contribution in [2.24, 2.45) is 11.3 Å². The summed E-state index contributed by atoms with van der Waals surface area (Å²) in [7, 11) is 0. The number of nitrogens with zero attached hydrogens (tertiary/aromatic N) is 5. The van der Waals surface area contributed by atoms with Crippen LogP contribution in [0, 0.1) is 11.3 Å². The van der Waals surface area contributed by atoms with Crippen LogP contribution in [0.4, 0.5) is 16.0 Å². The molecule has 0 saturated carbocycles. The van der Waals surface area contributed by atoms with Gasteiger partial charge in [0.05, 0.1) is 33.0 Å². The van der Waals surface area contributed by atoms with Gasteiger partial charge in [0.15, 0.2) is 5.13 Å². The first-order valence-corrected chi connectivity index (χ1v) is 16.7. The Labute approximate surface area is 263 Å². The molecule has 6 heterocycles. The second-order valence-corrected chi connectivity index (χ2v) is 14.4. The number of amides is 1. The molecule has 3 fully saturated rings. The molecule has 3 aliphatic rings. The van der Waals surface area contributed by atoms with E-state index in [2.05, 4.69) is 33.9 Å². The molecule has 9 nitrogen and oxygen atoms in total. The van der Waals surface area contributed by atoms with Crippen molar-refractivity contribution in [2.75, 3.05) is 61.0 Å². The third kappa shape index (κ3) is 5.86. The number of carbonyl (C=O) groups is 2. The van der Waals surface area contributed by atoms with Gasteiger partial charge in [-0.15, -0.1) is 11.3 Å². The fourth-order valence-electron chi connectivity index (χ4n) is 6.01. The Morgan fingerprint density at radius 1 is 1.14 bits per heavy atom. The first kappa shape index (κ1) is 29.6. The molecular weight excluding hydrogens is 615 g/mol. The predicted molar refractivity (Wildman–Crippen MR) is 171 cm³/mol. The molecule has 6 rings (SSSR count). The molecule has 1 amide bonds. The summed E-state index contributed by atoms with van der Waals surface area (Å²) in [5, 5.41) is 7.51. The van der Waals surface area contributed by atoms with Gasteiger partial charge in [-0.3, -0.25) is 19.8 Å². The molecule has 0 aromatic carbocycles. The summed E-state index contributed by atoms with van der Waals surface area (Å²) < 4.78 is 5.17. The van der Waals surface area contributed by atoms with E-state index in [9.17, 15) is 9.59 Å². The minimum absolute atomic E-state index is 0.103. The van der Waals surface area contributed by atoms with Crippen LogP contribution in [-0.4, -0.2) is 78.7 Å². The topological polar surface area (TPSA) is 90.9 Å². The van der Waals surface area contributed by atoms with Gasteiger partial charge < -0.3 is 14.5 Å². The number of thiophene rings is 1. The Kier molecular flexibility index (Phi) is 8.41. The fraction of sp³-hybridized carbons (Fsp3) is 0.517. The number of pyridine rings is 1. The summed E-state index contributed by atoms with van der Waals surface area (Å²) in [6.07, 6.45) is 2.90. The van der Waals surface area contributed by atoms with Crippen molar-refractivity contribution in [1.82, 2.24) is 14.9 Å². The number of halogens is 2. The average Bonchev–Trinajstić information content (AvgIpc) is 3.53. The van der Waals surface area contributed by atoms with Gasteiger partial charge in [0, 0.05) is 62.3 Å². The number of carbonyl (C=O) groups excluding carboxylic acids is 2. The van der Waals surface area contributed by atoms with Crippen LogP contribution in [0.3, 0.4) is 0 Å². The van der Waals surface area contributed by atoms with Gasteiger partial charge in [0.1, 0.15) is 16.5 Å². The summed E-state index contributed by atoms with van der Waals surface area (Å²) in [6.45, 7) is 12.2. The lowest BCUT2D eigenvalue weighted by atomic mass is 9.72. The molecular formula is C29H34Cl2N6O3S2. The molecule has 42 heavy (non-hydrogen) atoms. The number of piperidine rings is 1. The monoisotopic (exact) mass is 648 g/mol. The van der Waals surface area contributed by atoms with Crippen LogP contribution in [0.1, 0.15) is 44.0 Å². The van der Waals surface area contributed by atoms with Crippen molar-refractivity contribution in [3.8, 4) is 10.6 Å². The highest BCUT2D eigenvalue weighted by atomic mass is 35.5. The number of nitrogens with one attached hydrogen (secondary N) is 1. The minimum atomic E-state index is -0.320. The van der Waals surface area contributed by atoms with Gasteiger partial charge in [0.25, 0.3) is 5.91 Å². The Hall–Kier alpha value is -2.44. The molecule has 0 radical (unpaired) electrons. The summed E-state index contributed by atoms with van der Waals surface area (Å²) in [6, 6.07) is 4.13. The number of aromatic nitrogens is 2. The van der Waals surface area contributed by atoms with Crippen LogP contribution >= 0.6 is 45.9 Å². The van der Waals surface area contributed by atoms with Crippen molar-refractivity contribution in [1.29, 1.82) is 0 Å². The maximum absolute atomic E-state index is 13.3. The number of thiazole rings is 1. The number of anilines is 3. The van der Waals surface area contributed by atoms with Crippen molar-refractivity contribution in [2.45, 2.75) is 39.7 Å². The molecule has 0 aliphatic carbocycles. The van der Waals surface area contributed by atoms with Crippen LogP contribution in [-0.2, 0) is 9.53 Å². The maximum Gasteiger partial charge on any atom is 0.309 e. The third-order valence-corrected chi connectivity index (χ3v) is 10.9. The van der Waals surface area contributed by atoms with E-state index >= 15 is 0 Å². The highest BCUT2D eigenvalue weighted by Gasteiger charge is 2.53. The van der Waals surface area contributed by atoms with Gasteiger partial charge in [-0.05, 0) is 45.7 Å². The van der Waals surface area contributed by atoms with Gasteiger partial charge in [0.2, 0.25) is 0 Å². The third-order valence-electron chi connectivity index (χ3n) is 8.28. The van der Waals surface area contributed by atoms with Crippen molar-refractivity contribution in [3.05, 3.63) is 39.3 Å². The number of rotatable bonds is 8. The number of ether oxygens (including phenoxy) is 1. The molecule has 3 aliphatic heterocycles. The lowest BCUT2D eigenvalue weighted by Gasteiger charge is -2.61. The van der Waals surface area contributed by atoms with Gasteiger partial charge >= 0.3 is 5.97 Å². The largest absolute Gasteiger partial charge is 0.466 e. The molecule has 0 unspecified atom stereocenters.